The number of pyridine rings is 2. The van der Waals surface area contributed by atoms with E-state index in [-0.39, 0.29) is 36.5 Å². The van der Waals surface area contributed by atoms with E-state index >= 15 is 0 Å². The number of hydrogen-bond donors (Lipinski definition) is 2. The molecule has 4 rings (SSSR count). The first-order valence-corrected chi connectivity index (χ1v) is 14.7. The molecule has 2 atom stereocenters. The number of carbonyl (C=O) groups is 2. The predicted octanol–water partition coefficient (Wildman–Crippen LogP) is 4.39. The highest BCUT2D eigenvalue weighted by Gasteiger charge is 2.30. The summed E-state index contributed by atoms with van der Waals surface area (Å²) in [5, 5.41) is 17.1. The van der Waals surface area contributed by atoms with Gasteiger partial charge in [0.05, 0.1) is 48.5 Å². The van der Waals surface area contributed by atoms with E-state index in [1.807, 2.05) is 0 Å². The molecule has 1 aliphatic carbocycles. The van der Waals surface area contributed by atoms with E-state index < -0.39 is 0 Å². The number of rotatable bonds is 11. The second-order valence-electron chi connectivity index (χ2n) is 9.42. The number of hydrogen-bond acceptors (Lipinski definition) is 11. The number of thioether (sulfide) groups is 1. The smallest absolute Gasteiger partial charge is 0.232 e. The largest absolute Gasteiger partial charge is 0.497 e. The van der Waals surface area contributed by atoms with Gasteiger partial charge < -0.3 is 20.1 Å². The van der Waals surface area contributed by atoms with Crippen LogP contribution in [0.25, 0.3) is 0 Å². The summed E-state index contributed by atoms with van der Waals surface area (Å²) in [5.41, 5.74) is 1.23. The molecule has 3 aromatic rings. The molecular weight excluding hydrogens is 562 g/mol. The summed E-state index contributed by atoms with van der Waals surface area (Å²) in [4.78, 5) is 38.1. The third-order valence-corrected chi connectivity index (χ3v) is 8.59. The molecule has 0 aliphatic heterocycles. The van der Waals surface area contributed by atoms with Crippen molar-refractivity contribution in [3.63, 3.8) is 0 Å². The zero-order valence-electron chi connectivity index (χ0n) is 23.3. The van der Waals surface area contributed by atoms with Gasteiger partial charge in [-0.15, -0.1) is 10.2 Å². The second kappa shape index (κ2) is 14.7. The summed E-state index contributed by atoms with van der Waals surface area (Å²) in [6, 6.07) is 6.93. The summed E-state index contributed by atoms with van der Waals surface area (Å²) in [6.45, 7) is 4.03. The molecule has 216 valence electrons. The third-order valence-electron chi connectivity index (χ3n) is 6.52. The Morgan fingerprint density at radius 1 is 1.05 bits per heavy atom. The van der Waals surface area contributed by atoms with Crippen molar-refractivity contribution in [2.24, 2.45) is 10.9 Å². The van der Waals surface area contributed by atoms with Crippen molar-refractivity contribution < 1.29 is 19.1 Å². The molecule has 0 aromatic carbocycles. The fourth-order valence-corrected chi connectivity index (χ4v) is 6.40. The zero-order valence-corrected chi connectivity index (χ0v) is 24.9. The number of nitrogens with one attached hydrogen (secondary N) is 2. The third kappa shape index (κ3) is 8.82. The average molecular weight is 596 g/mol. The molecule has 0 spiro atoms. The normalized spacial score (nSPS) is 17.0. The first-order valence-electron chi connectivity index (χ1n) is 13.1. The predicted molar refractivity (Wildman–Crippen MR) is 160 cm³/mol. The number of anilines is 1. The Hall–Kier alpha value is -3.84. The lowest BCUT2D eigenvalue weighted by Gasteiger charge is -2.28. The van der Waals surface area contributed by atoms with Gasteiger partial charge in [-0.3, -0.25) is 24.5 Å². The van der Waals surface area contributed by atoms with E-state index in [1.165, 1.54) is 23.1 Å². The SMILES string of the molecule is C=C(NC(=O)Cc1cc(OC)ccn1)SC(=NC)C1CCCC(c2nnc(NC(=O)Cc3cc(OC)ccn3)s2)C1. The Balaban J connectivity index is 1.28. The van der Waals surface area contributed by atoms with E-state index in [4.69, 9.17) is 9.47 Å². The fraction of sp³-hybridized carbons (Fsp3) is 0.393. The van der Waals surface area contributed by atoms with Gasteiger partial charge in [-0.2, -0.15) is 0 Å². The van der Waals surface area contributed by atoms with Crippen LogP contribution in [0.3, 0.4) is 0 Å². The number of methoxy groups -OCH3 is 2. The summed E-state index contributed by atoms with van der Waals surface area (Å²) < 4.78 is 10.4. The van der Waals surface area contributed by atoms with Gasteiger partial charge in [-0.25, -0.2) is 0 Å². The van der Waals surface area contributed by atoms with Crippen LogP contribution in [0, 0.1) is 5.92 Å². The van der Waals surface area contributed by atoms with Crippen molar-refractivity contribution in [1.82, 2.24) is 25.5 Å². The van der Waals surface area contributed by atoms with Gasteiger partial charge in [0.1, 0.15) is 16.5 Å². The molecule has 1 saturated carbocycles. The van der Waals surface area contributed by atoms with Crippen molar-refractivity contribution in [3.8, 4) is 11.5 Å². The molecule has 3 aromatic heterocycles. The molecule has 2 N–H and O–H groups in total. The molecule has 1 aliphatic rings. The lowest BCUT2D eigenvalue weighted by atomic mass is 9.82. The Morgan fingerprint density at radius 2 is 1.71 bits per heavy atom. The lowest BCUT2D eigenvalue weighted by molar-refractivity contribution is -0.119. The van der Waals surface area contributed by atoms with Gasteiger partial charge >= 0.3 is 0 Å². The Morgan fingerprint density at radius 3 is 2.34 bits per heavy atom. The highest BCUT2D eigenvalue weighted by molar-refractivity contribution is 8.17. The highest BCUT2D eigenvalue weighted by Crippen LogP contribution is 2.40. The molecule has 2 amide bonds. The average Bonchev–Trinajstić information content (AvgIpc) is 3.44. The molecule has 3 heterocycles. The number of carbonyl (C=O) groups excluding carboxylic acids is 2. The Labute approximate surface area is 247 Å². The van der Waals surface area contributed by atoms with Crippen LogP contribution < -0.4 is 20.1 Å². The molecule has 0 saturated heterocycles. The van der Waals surface area contributed by atoms with Crippen LogP contribution in [-0.2, 0) is 22.4 Å². The van der Waals surface area contributed by atoms with Crippen molar-refractivity contribution in [2.75, 3.05) is 26.6 Å². The van der Waals surface area contributed by atoms with Gasteiger partial charge in [0.2, 0.25) is 16.9 Å². The van der Waals surface area contributed by atoms with Crippen molar-refractivity contribution in [3.05, 3.63) is 64.7 Å². The second-order valence-corrected chi connectivity index (χ2v) is 11.5. The number of aromatic nitrogens is 4. The standard InChI is InChI=1S/C28H33N7O4S2/c1-17(32-24(36)15-20-13-22(38-3)8-10-30-20)40-26(29-2)18-6-5-7-19(12-18)27-34-35-28(41-27)33-25(37)16-21-14-23(39-4)9-11-31-21/h8-11,13-14,18-19H,1,5-7,12,15-16H2,2-4H3,(H,32,36)(H,33,35,37). The van der Waals surface area contributed by atoms with Gasteiger partial charge in [-0.1, -0.05) is 36.1 Å². The molecule has 11 nitrogen and oxygen atoms in total. The molecule has 13 heteroatoms. The van der Waals surface area contributed by atoms with Gasteiger partial charge in [0.25, 0.3) is 0 Å². The van der Waals surface area contributed by atoms with E-state index in [1.54, 1.807) is 57.9 Å². The molecular formula is C28H33N7O4S2. The topological polar surface area (TPSA) is 141 Å². The maximum atomic E-state index is 12.6. The lowest BCUT2D eigenvalue weighted by Crippen LogP contribution is -2.26. The maximum absolute atomic E-state index is 12.6. The van der Waals surface area contributed by atoms with Crippen LogP contribution in [0.4, 0.5) is 5.13 Å². The van der Waals surface area contributed by atoms with E-state index in [0.717, 1.165) is 35.7 Å². The Bertz CT molecular complexity index is 1410. The summed E-state index contributed by atoms with van der Waals surface area (Å²) >= 11 is 2.78. The van der Waals surface area contributed by atoms with E-state index in [2.05, 4.69) is 42.4 Å². The fourth-order valence-electron chi connectivity index (χ4n) is 4.60. The first-order chi connectivity index (χ1) is 19.9. The van der Waals surface area contributed by atoms with Crippen LogP contribution in [0.5, 0.6) is 11.5 Å². The van der Waals surface area contributed by atoms with E-state index in [0.29, 0.717) is 33.0 Å². The van der Waals surface area contributed by atoms with Crippen LogP contribution in [0.1, 0.15) is 48.0 Å². The van der Waals surface area contributed by atoms with Gasteiger partial charge in [-0.05, 0) is 31.4 Å². The number of amides is 2. The summed E-state index contributed by atoms with van der Waals surface area (Å²) in [6.07, 6.45) is 7.29. The number of aliphatic imine (C=N–C) groups is 1. The molecule has 41 heavy (non-hydrogen) atoms. The van der Waals surface area contributed by atoms with Crippen molar-refractivity contribution >= 4 is 45.1 Å². The molecule has 2 unspecified atom stereocenters. The summed E-state index contributed by atoms with van der Waals surface area (Å²) in [5.74, 6) is 1.30. The number of nitrogens with zero attached hydrogens (tertiary/aromatic N) is 5. The van der Waals surface area contributed by atoms with Gasteiger partial charge in [0, 0.05) is 43.4 Å². The van der Waals surface area contributed by atoms with Crippen LogP contribution in [0.15, 0.2) is 53.3 Å². The zero-order chi connectivity index (χ0) is 29.2. The van der Waals surface area contributed by atoms with E-state index in [9.17, 15) is 9.59 Å². The minimum absolute atomic E-state index is 0.113. The quantitative estimate of drug-likeness (QED) is 0.244. The van der Waals surface area contributed by atoms with Crippen molar-refractivity contribution in [2.45, 2.75) is 44.4 Å². The minimum atomic E-state index is -0.213. The monoisotopic (exact) mass is 595 g/mol. The maximum Gasteiger partial charge on any atom is 0.232 e. The highest BCUT2D eigenvalue weighted by atomic mass is 32.2. The molecule has 1 fully saturated rings. The first kappa shape index (κ1) is 30.1. The Kier molecular flexibility index (Phi) is 10.8. The van der Waals surface area contributed by atoms with Crippen LogP contribution >= 0.6 is 23.1 Å². The van der Waals surface area contributed by atoms with Crippen molar-refractivity contribution in [1.29, 1.82) is 0 Å². The molecule has 0 bridgehead atoms. The minimum Gasteiger partial charge on any atom is -0.497 e. The van der Waals surface area contributed by atoms with Crippen LogP contribution in [-0.4, -0.2) is 58.3 Å². The molecule has 0 radical (unpaired) electrons. The number of ether oxygens (including phenoxy) is 2. The summed E-state index contributed by atoms with van der Waals surface area (Å²) in [7, 11) is 4.91. The van der Waals surface area contributed by atoms with Gasteiger partial charge in [0.15, 0.2) is 0 Å². The van der Waals surface area contributed by atoms with Crippen LogP contribution in [0.2, 0.25) is 0 Å².